The van der Waals surface area contributed by atoms with E-state index < -0.39 is 35.6 Å². The van der Waals surface area contributed by atoms with E-state index in [1.54, 1.807) is 32.1 Å². The number of aliphatic hydroxyl groups is 2. The first-order valence-corrected chi connectivity index (χ1v) is 13.1. The van der Waals surface area contributed by atoms with Gasteiger partial charge in [-0.2, -0.15) is 0 Å². The predicted octanol–water partition coefficient (Wildman–Crippen LogP) is 4.09. The van der Waals surface area contributed by atoms with Crippen LogP contribution in [0.15, 0.2) is 11.0 Å². The first-order chi connectivity index (χ1) is 15.9. The average molecular weight is 494 g/mol. The van der Waals surface area contributed by atoms with Gasteiger partial charge in [0, 0.05) is 17.7 Å². The maximum Gasteiger partial charge on any atom is 0.309 e. The molecule has 2 N–H and O–H groups in total. The molecule has 0 radical (unpaired) electrons. The van der Waals surface area contributed by atoms with E-state index in [-0.39, 0.29) is 30.3 Å². The highest BCUT2D eigenvalue weighted by molar-refractivity contribution is 7.09. The average Bonchev–Trinajstić information content (AvgIpc) is 3.38. The van der Waals surface area contributed by atoms with Gasteiger partial charge in [-0.1, -0.05) is 34.1 Å². The van der Waals surface area contributed by atoms with Gasteiger partial charge in [-0.25, -0.2) is 4.98 Å². The van der Waals surface area contributed by atoms with E-state index in [1.807, 2.05) is 32.2 Å². The number of thiazole rings is 1. The summed E-state index contributed by atoms with van der Waals surface area (Å²) >= 11 is 1.56. The molecule has 1 aromatic heterocycles. The molecule has 2 aliphatic heterocycles. The number of epoxide rings is 1. The van der Waals surface area contributed by atoms with Crippen molar-refractivity contribution in [1.82, 2.24) is 4.98 Å². The Labute approximate surface area is 206 Å². The topological polar surface area (TPSA) is 109 Å². The van der Waals surface area contributed by atoms with Crippen LogP contribution in [0.1, 0.15) is 77.4 Å². The fourth-order valence-electron chi connectivity index (χ4n) is 4.78. The molecule has 1 unspecified atom stereocenters. The third kappa shape index (κ3) is 6.53. The lowest BCUT2D eigenvalue weighted by molar-refractivity contribution is -0.154. The van der Waals surface area contributed by atoms with Gasteiger partial charge in [0.25, 0.3) is 0 Å². The number of carbonyl (C=O) groups is 2. The minimum Gasteiger partial charge on any atom is -0.458 e. The van der Waals surface area contributed by atoms with Gasteiger partial charge in [0.05, 0.1) is 47.0 Å². The molecule has 2 aliphatic rings. The summed E-state index contributed by atoms with van der Waals surface area (Å²) in [6.45, 7) is 10.8. The number of rotatable bonds is 2. The van der Waals surface area contributed by atoms with E-state index in [9.17, 15) is 19.8 Å². The molecule has 0 amide bonds. The summed E-state index contributed by atoms with van der Waals surface area (Å²) in [7, 11) is 0. The number of fused-ring (bicyclic) bond motifs is 1. The van der Waals surface area contributed by atoms with Crippen molar-refractivity contribution >= 4 is 29.2 Å². The minimum absolute atomic E-state index is 0.00770. The Bertz CT molecular complexity index is 909. The van der Waals surface area contributed by atoms with Gasteiger partial charge in [-0.3, -0.25) is 9.59 Å². The van der Waals surface area contributed by atoms with Crippen LogP contribution in [0.25, 0.3) is 6.08 Å². The quantitative estimate of drug-likeness (QED) is 0.472. The first-order valence-electron chi connectivity index (χ1n) is 12.3. The molecule has 0 saturated carbocycles. The number of carbonyl (C=O) groups excluding carboxylic acids is 2. The molecule has 1 aromatic rings. The van der Waals surface area contributed by atoms with E-state index in [0.29, 0.717) is 6.42 Å². The lowest BCUT2D eigenvalue weighted by atomic mass is 9.73. The molecule has 7 nitrogen and oxygen atoms in total. The lowest BCUT2D eigenvalue weighted by Gasteiger charge is -2.34. The first kappa shape index (κ1) is 27.0. The molecule has 3 rings (SSSR count). The van der Waals surface area contributed by atoms with E-state index in [4.69, 9.17) is 9.47 Å². The Morgan fingerprint density at radius 2 is 1.91 bits per heavy atom. The second kappa shape index (κ2) is 11.0. The van der Waals surface area contributed by atoms with E-state index in [1.165, 1.54) is 0 Å². The number of ketones is 1. The second-order valence-electron chi connectivity index (χ2n) is 10.6. The molecule has 0 aromatic carbocycles. The summed E-state index contributed by atoms with van der Waals surface area (Å²) in [4.78, 5) is 30.5. The fourth-order valence-corrected chi connectivity index (χ4v) is 5.35. The van der Waals surface area contributed by atoms with E-state index in [0.717, 1.165) is 35.5 Å². The number of aromatic nitrogens is 1. The largest absolute Gasteiger partial charge is 0.458 e. The van der Waals surface area contributed by atoms with Crippen LogP contribution in [0.4, 0.5) is 0 Å². The standard InChI is InChI=1S/C26H39NO6S/c1-14-8-7-9-19-21(32-19)11-20(15(2)10-18-13-34-17(4)27-18)33-23(29)12-22(28)26(5,6)25(31)16(3)24(14)30/h10,13-14,16,19-22,24,28,30H,7-9,11-12H2,1-6H3/b15-10+/t14-,16+,19+,20-,21?,22+,24-/m0/s1. The highest BCUT2D eigenvalue weighted by Crippen LogP contribution is 2.36. The highest BCUT2D eigenvalue weighted by atomic mass is 32.1. The second-order valence-corrected chi connectivity index (χ2v) is 11.7. The lowest BCUT2D eigenvalue weighted by Crippen LogP contribution is -2.45. The van der Waals surface area contributed by atoms with Crippen LogP contribution in [0.3, 0.4) is 0 Å². The van der Waals surface area contributed by atoms with Crippen LogP contribution in [0.2, 0.25) is 0 Å². The van der Waals surface area contributed by atoms with Crippen LogP contribution in [-0.2, 0) is 19.1 Å². The molecular weight excluding hydrogens is 454 g/mol. The molecule has 3 heterocycles. The third-order valence-electron chi connectivity index (χ3n) is 7.41. The molecule has 2 saturated heterocycles. The van der Waals surface area contributed by atoms with Crippen molar-refractivity contribution in [3.05, 3.63) is 21.7 Å². The maximum atomic E-state index is 13.2. The number of hydrogen-bond donors (Lipinski definition) is 2. The smallest absolute Gasteiger partial charge is 0.309 e. The number of ether oxygens (including phenoxy) is 2. The number of esters is 1. The fraction of sp³-hybridized carbons (Fsp3) is 0.731. The Morgan fingerprint density at radius 1 is 1.21 bits per heavy atom. The molecule has 0 bridgehead atoms. The zero-order chi connectivity index (χ0) is 25.2. The highest BCUT2D eigenvalue weighted by Gasteiger charge is 2.44. The van der Waals surface area contributed by atoms with Gasteiger partial charge in [0.2, 0.25) is 0 Å². The molecule has 2 fully saturated rings. The Hall–Kier alpha value is -1.61. The van der Waals surface area contributed by atoms with Crippen molar-refractivity contribution in [2.24, 2.45) is 17.3 Å². The molecule has 34 heavy (non-hydrogen) atoms. The van der Waals surface area contributed by atoms with Gasteiger partial charge >= 0.3 is 5.97 Å². The molecule has 190 valence electrons. The van der Waals surface area contributed by atoms with Crippen molar-refractivity contribution < 1.29 is 29.3 Å². The van der Waals surface area contributed by atoms with Crippen LogP contribution in [-0.4, -0.2) is 57.5 Å². The number of hydrogen-bond acceptors (Lipinski definition) is 8. The van der Waals surface area contributed by atoms with E-state index in [2.05, 4.69) is 4.98 Å². The van der Waals surface area contributed by atoms with Crippen LogP contribution >= 0.6 is 11.3 Å². The SMILES string of the molecule is C/C(=C\c1csc(C)n1)[C@@H]1CC2O[C@@H]2CCC[C@H](C)[C@H](O)[C@@H](C)C(=O)C(C)(C)[C@H](O)CC(=O)O1. The number of aliphatic hydroxyl groups excluding tert-OH is 2. The summed E-state index contributed by atoms with van der Waals surface area (Å²) in [5.41, 5.74) is 0.494. The Balaban J connectivity index is 1.81. The number of cyclic esters (lactones) is 1. The zero-order valence-electron chi connectivity index (χ0n) is 21.1. The van der Waals surface area contributed by atoms with Crippen molar-refractivity contribution in [2.75, 3.05) is 0 Å². The number of aryl methyl sites for hydroxylation is 1. The monoisotopic (exact) mass is 493 g/mol. The third-order valence-corrected chi connectivity index (χ3v) is 8.20. The van der Waals surface area contributed by atoms with Gasteiger partial charge in [0.1, 0.15) is 11.9 Å². The van der Waals surface area contributed by atoms with Crippen molar-refractivity contribution in [3.8, 4) is 0 Å². The molecule has 0 spiro atoms. The molecule has 7 atom stereocenters. The molecule has 8 heteroatoms. The summed E-state index contributed by atoms with van der Waals surface area (Å²) in [5.74, 6) is -1.52. The Morgan fingerprint density at radius 3 is 2.56 bits per heavy atom. The van der Waals surface area contributed by atoms with Crippen molar-refractivity contribution in [3.63, 3.8) is 0 Å². The zero-order valence-corrected chi connectivity index (χ0v) is 21.9. The summed E-state index contributed by atoms with van der Waals surface area (Å²) in [6, 6.07) is 0. The molecular formula is C26H39NO6S. The van der Waals surface area contributed by atoms with Crippen LogP contribution < -0.4 is 0 Å². The van der Waals surface area contributed by atoms with Gasteiger partial charge in [-0.05, 0) is 44.3 Å². The summed E-state index contributed by atoms with van der Waals surface area (Å²) < 4.78 is 11.7. The van der Waals surface area contributed by atoms with Crippen molar-refractivity contribution in [1.29, 1.82) is 0 Å². The van der Waals surface area contributed by atoms with Gasteiger partial charge in [-0.15, -0.1) is 11.3 Å². The van der Waals surface area contributed by atoms with Crippen LogP contribution in [0, 0.1) is 24.2 Å². The molecule has 0 aliphatic carbocycles. The van der Waals surface area contributed by atoms with Gasteiger partial charge < -0.3 is 19.7 Å². The maximum absolute atomic E-state index is 13.2. The van der Waals surface area contributed by atoms with Crippen LogP contribution in [0.5, 0.6) is 0 Å². The normalized spacial score (nSPS) is 36.0. The minimum atomic E-state index is -1.22. The number of Topliss-reactive ketones (excluding diaryl/α,β-unsaturated/α-hetero) is 1. The van der Waals surface area contributed by atoms with Crippen molar-refractivity contribution in [2.45, 2.75) is 104 Å². The van der Waals surface area contributed by atoms with Gasteiger partial charge in [0.15, 0.2) is 0 Å². The Kier molecular flexibility index (Phi) is 8.71. The predicted molar refractivity (Wildman–Crippen MR) is 131 cm³/mol. The number of nitrogens with zero attached hydrogens (tertiary/aromatic N) is 1. The van der Waals surface area contributed by atoms with E-state index >= 15 is 0 Å². The summed E-state index contributed by atoms with van der Waals surface area (Å²) in [5, 5.41) is 24.5. The summed E-state index contributed by atoms with van der Waals surface area (Å²) in [6.07, 6.45) is 2.28.